The number of rotatable bonds is 4. The number of nitrogens with zero attached hydrogens (tertiary/aromatic N) is 1. The van der Waals surface area contributed by atoms with Crippen LogP contribution in [0.25, 0.3) is 0 Å². The van der Waals surface area contributed by atoms with Gasteiger partial charge in [-0.3, -0.25) is 0 Å². The van der Waals surface area contributed by atoms with Gasteiger partial charge in [0, 0.05) is 12.6 Å². The van der Waals surface area contributed by atoms with Crippen molar-refractivity contribution >= 4 is 5.69 Å². The number of anilines is 1. The second-order valence-electron chi connectivity index (χ2n) is 4.26. The van der Waals surface area contributed by atoms with Gasteiger partial charge in [0.2, 0.25) is 0 Å². The van der Waals surface area contributed by atoms with Crippen LogP contribution in [0, 0.1) is 28.8 Å². The Kier molecular flexibility index (Phi) is 4.26. The first-order chi connectivity index (χ1) is 9.58. The summed E-state index contributed by atoms with van der Waals surface area (Å²) in [5.74, 6) is -1.74. The van der Waals surface area contributed by atoms with Crippen molar-refractivity contribution in [3.8, 4) is 6.07 Å². The highest BCUT2D eigenvalue weighted by Gasteiger charge is 2.04. The second kappa shape index (κ2) is 6.11. The third kappa shape index (κ3) is 3.51. The minimum atomic E-state index is -0.625. The van der Waals surface area contributed by atoms with Crippen LogP contribution in [0.5, 0.6) is 0 Å². The van der Waals surface area contributed by atoms with Crippen LogP contribution in [0.1, 0.15) is 11.1 Å². The second-order valence-corrected chi connectivity index (χ2v) is 4.26. The minimum Gasteiger partial charge on any atom is -0.384 e. The molecular formula is C15H11F3N2. The molecule has 0 saturated heterocycles. The number of benzene rings is 2. The fraction of sp³-hybridized carbons (Fsp3) is 0.133. The molecule has 0 aliphatic heterocycles. The first-order valence-electron chi connectivity index (χ1n) is 5.97. The lowest BCUT2D eigenvalue weighted by Crippen LogP contribution is -2.07. The summed E-state index contributed by atoms with van der Waals surface area (Å²) in [6, 6.07) is 9.02. The van der Waals surface area contributed by atoms with Crippen LogP contribution in [0.4, 0.5) is 18.9 Å². The SMILES string of the molecule is N#Cc1cc(F)ccc1NCCc1cc(F)cc(F)c1. The van der Waals surface area contributed by atoms with Crippen molar-refractivity contribution in [3.63, 3.8) is 0 Å². The molecule has 0 saturated carbocycles. The number of nitriles is 1. The van der Waals surface area contributed by atoms with Crippen LogP contribution in [0.2, 0.25) is 0 Å². The van der Waals surface area contributed by atoms with Crippen LogP contribution in [-0.4, -0.2) is 6.54 Å². The van der Waals surface area contributed by atoms with E-state index >= 15 is 0 Å². The normalized spacial score (nSPS) is 10.1. The van der Waals surface area contributed by atoms with Crippen molar-refractivity contribution in [2.24, 2.45) is 0 Å². The van der Waals surface area contributed by atoms with Gasteiger partial charge >= 0.3 is 0 Å². The van der Waals surface area contributed by atoms with E-state index in [1.807, 2.05) is 6.07 Å². The van der Waals surface area contributed by atoms with Gasteiger partial charge < -0.3 is 5.32 Å². The predicted molar refractivity (Wildman–Crippen MR) is 69.7 cm³/mol. The average Bonchev–Trinajstić information content (AvgIpc) is 2.39. The summed E-state index contributed by atoms with van der Waals surface area (Å²) < 4.78 is 38.9. The highest BCUT2D eigenvalue weighted by molar-refractivity contribution is 5.57. The predicted octanol–water partition coefficient (Wildman–Crippen LogP) is 3.63. The average molecular weight is 276 g/mol. The number of hydrogen-bond acceptors (Lipinski definition) is 2. The third-order valence-corrected chi connectivity index (χ3v) is 2.75. The summed E-state index contributed by atoms with van der Waals surface area (Å²) in [6.45, 7) is 0.378. The van der Waals surface area contributed by atoms with Crippen molar-refractivity contribution in [2.75, 3.05) is 11.9 Å². The molecule has 0 aromatic heterocycles. The smallest absolute Gasteiger partial charge is 0.126 e. The van der Waals surface area contributed by atoms with Crippen molar-refractivity contribution in [1.29, 1.82) is 5.26 Å². The molecule has 0 atom stereocenters. The minimum absolute atomic E-state index is 0.190. The van der Waals surface area contributed by atoms with E-state index in [0.717, 1.165) is 12.1 Å². The maximum atomic E-state index is 13.0. The van der Waals surface area contributed by atoms with E-state index in [1.165, 1.54) is 24.3 Å². The first kappa shape index (κ1) is 13.9. The summed E-state index contributed by atoms with van der Waals surface area (Å²) in [5.41, 5.74) is 1.19. The lowest BCUT2D eigenvalue weighted by Gasteiger charge is -2.08. The van der Waals surface area contributed by atoms with E-state index in [9.17, 15) is 13.2 Å². The first-order valence-corrected chi connectivity index (χ1v) is 5.97. The Balaban J connectivity index is 2.01. The largest absolute Gasteiger partial charge is 0.384 e. The van der Waals surface area contributed by atoms with E-state index in [1.54, 1.807) is 0 Å². The highest BCUT2D eigenvalue weighted by Crippen LogP contribution is 2.16. The third-order valence-electron chi connectivity index (χ3n) is 2.75. The molecule has 0 unspecified atom stereocenters. The Bertz CT molecular complexity index is 642. The van der Waals surface area contributed by atoms with Crippen molar-refractivity contribution in [3.05, 3.63) is 65.0 Å². The molecule has 2 nitrogen and oxygen atoms in total. The molecule has 0 amide bonds. The Morgan fingerprint density at radius 2 is 1.65 bits per heavy atom. The molecule has 2 rings (SSSR count). The van der Waals surface area contributed by atoms with Gasteiger partial charge in [0.25, 0.3) is 0 Å². The fourth-order valence-electron chi connectivity index (χ4n) is 1.86. The molecule has 2 aromatic carbocycles. The van der Waals surface area contributed by atoms with E-state index in [4.69, 9.17) is 5.26 Å². The molecule has 1 N–H and O–H groups in total. The molecule has 2 aromatic rings. The molecule has 0 bridgehead atoms. The Morgan fingerprint density at radius 3 is 2.30 bits per heavy atom. The standard InChI is InChI=1S/C15H11F3N2/c16-12-1-2-15(11(7-12)9-19)20-4-3-10-5-13(17)8-14(18)6-10/h1-2,5-8,20H,3-4H2. The number of nitrogens with one attached hydrogen (secondary N) is 1. The lowest BCUT2D eigenvalue weighted by molar-refractivity contribution is 0.580. The molecule has 0 radical (unpaired) electrons. The molecule has 20 heavy (non-hydrogen) atoms. The summed E-state index contributed by atoms with van der Waals surface area (Å²) in [4.78, 5) is 0. The topological polar surface area (TPSA) is 35.8 Å². The van der Waals surface area contributed by atoms with Crippen LogP contribution in [0.15, 0.2) is 36.4 Å². The van der Waals surface area contributed by atoms with Gasteiger partial charge in [-0.05, 0) is 42.3 Å². The summed E-state index contributed by atoms with van der Waals surface area (Å²) in [7, 11) is 0. The maximum absolute atomic E-state index is 13.0. The van der Waals surface area contributed by atoms with Crippen LogP contribution in [-0.2, 0) is 6.42 Å². The summed E-state index contributed by atoms with van der Waals surface area (Å²) in [6.07, 6.45) is 0.386. The molecule has 0 spiro atoms. The Hall–Kier alpha value is -2.48. The quantitative estimate of drug-likeness (QED) is 0.925. The molecule has 0 aliphatic rings. The van der Waals surface area contributed by atoms with Crippen LogP contribution < -0.4 is 5.32 Å². The van der Waals surface area contributed by atoms with Crippen molar-refractivity contribution in [1.82, 2.24) is 0 Å². The molecular weight excluding hydrogens is 265 g/mol. The zero-order valence-electron chi connectivity index (χ0n) is 10.5. The van der Waals surface area contributed by atoms with Crippen LogP contribution in [0.3, 0.4) is 0 Å². The van der Waals surface area contributed by atoms with Gasteiger partial charge in [-0.2, -0.15) is 5.26 Å². The van der Waals surface area contributed by atoms with Gasteiger partial charge in [0.05, 0.1) is 11.3 Å². The van der Waals surface area contributed by atoms with Gasteiger partial charge in [0.15, 0.2) is 0 Å². The number of halogens is 3. The molecule has 0 heterocycles. The van der Waals surface area contributed by atoms with E-state index < -0.39 is 17.5 Å². The molecule has 0 aliphatic carbocycles. The lowest BCUT2D eigenvalue weighted by atomic mass is 10.1. The van der Waals surface area contributed by atoms with E-state index in [0.29, 0.717) is 24.2 Å². The summed E-state index contributed by atoms with van der Waals surface area (Å²) in [5, 5.41) is 11.8. The summed E-state index contributed by atoms with van der Waals surface area (Å²) >= 11 is 0. The Labute approximate surface area is 114 Å². The van der Waals surface area contributed by atoms with Crippen LogP contribution >= 0.6 is 0 Å². The van der Waals surface area contributed by atoms with Crippen molar-refractivity contribution < 1.29 is 13.2 Å². The molecule has 102 valence electrons. The van der Waals surface area contributed by atoms with Gasteiger partial charge in [-0.1, -0.05) is 0 Å². The zero-order valence-corrected chi connectivity index (χ0v) is 10.5. The highest BCUT2D eigenvalue weighted by atomic mass is 19.1. The fourth-order valence-corrected chi connectivity index (χ4v) is 1.86. The monoisotopic (exact) mass is 276 g/mol. The number of hydrogen-bond donors (Lipinski definition) is 1. The maximum Gasteiger partial charge on any atom is 0.126 e. The Morgan fingerprint density at radius 1 is 0.950 bits per heavy atom. The zero-order chi connectivity index (χ0) is 14.5. The molecule has 5 heteroatoms. The molecule has 0 fully saturated rings. The van der Waals surface area contributed by atoms with E-state index in [-0.39, 0.29) is 5.56 Å². The van der Waals surface area contributed by atoms with Gasteiger partial charge in [0.1, 0.15) is 23.5 Å². The van der Waals surface area contributed by atoms with Gasteiger partial charge in [-0.25, -0.2) is 13.2 Å². The van der Waals surface area contributed by atoms with E-state index in [2.05, 4.69) is 5.32 Å². The van der Waals surface area contributed by atoms with Crippen molar-refractivity contribution in [2.45, 2.75) is 6.42 Å². The van der Waals surface area contributed by atoms with Gasteiger partial charge in [-0.15, -0.1) is 0 Å².